The summed E-state index contributed by atoms with van der Waals surface area (Å²) in [6, 6.07) is 8.64. The first kappa shape index (κ1) is 14.2. The van der Waals surface area contributed by atoms with E-state index in [0.29, 0.717) is 11.3 Å². The van der Waals surface area contributed by atoms with Crippen LogP contribution < -0.4 is 5.32 Å². The SMILES string of the molecule is CCNC1CCOCC1SCc1ccccc1Cl. The molecule has 2 rings (SSSR count). The van der Waals surface area contributed by atoms with Crippen molar-refractivity contribution in [2.45, 2.75) is 30.4 Å². The Morgan fingerprint density at radius 2 is 2.28 bits per heavy atom. The van der Waals surface area contributed by atoms with Crippen molar-refractivity contribution < 1.29 is 4.74 Å². The third kappa shape index (κ3) is 3.89. The minimum atomic E-state index is 0.523. The molecule has 18 heavy (non-hydrogen) atoms. The van der Waals surface area contributed by atoms with E-state index in [4.69, 9.17) is 16.3 Å². The Balaban J connectivity index is 1.89. The first-order valence-corrected chi connectivity index (χ1v) is 7.90. The van der Waals surface area contributed by atoms with Crippen molar-refractivity contribution in [2.24, 2.45) is 0 Å². The van der Waals surface area contributed by atoms with Crippen molar-refractivity contribution in [3.8, 4) is 0 Å². The molecule has 2 atom stereocenters. The van der Waals surface area contributed by atoms with Gasteiger partial charge in [-0.05, 0) is 24.6 Å². The largest absolute Gasteiger partial charge is 0.380 e. The molecule has 2 nitrogen and oxygen atoms in total. The Hall–Kier alpha value is -0.220. The van der Waals surface area contributed by atoms with Gasteiger partial charge in [-0.2, -0.15) is 0 Å². The van der Waals surface area contributed by atoms with Gasteiger partial charge in [0.05, 0.1) is 6.61 Å². The van der Waals surface area contributed by atoms with E-state index in [-0.39, 0.29) is 0 Å². The molecule has 100 valence electrons. The summed E-state index contributed by atoms with van der Waals surface area (Å²) < 4.78 is 5.58. The number of nitrogens with one attached hydrogen (secondary N) is 1. The van der Waals surface area contributed by atoms with Gasteiger partial charge in [0.1, 0.15) is 0 Å². The van der Waals surface area contributed by atoms with Crippen LogP contribution in [0.3, 0.4) is 0 Å². The molecule has 0 aromatic heterocycles. The van der Waals surface area contributed by atoms with Crippen molar-refractivity contribution in [3.05, 3.63) is 34.9 Å². The van der Waals surface area contributed by atoms with Crippen LogP contribution in [0, 0.1) is 0 Å². The van der Waals surface area contributed by atoms with E-state index < -0.39 is 0 Å². The predicted molar refractivity (Wildman–Crippen MR) is 79.4 cm³/mol. The Kier molecular flexibility index (Phi) is 5.83. The second-order valence-corrected chi connectivity index (χ2v) is 6.10. The second kappa shape index (κ2) is 7.39. The maximum atomic E-state index is 6.18. The van der Waals surface area contributed by atoms with Gasteiger partial charge in [-0.3, -0.25) is 0 Å². The van der Waals surface area contributed by atoms with Crippen molar-refractivity contribution >= 4 is 23.4 Å². The summed E-state index contributed by atoms with van der Waals surface area (Å²) in [5.41, 5.74) is 1.21. The Bertz CT molecular complexity index is 373. The van der Waals surface area contributed by atoms with Crippen LogP contribution in [0.15, 0.2) is 24.3 Å². The normalized spacial score (nSPS) is 24.1. The van der Waals surface area contributed by atoms with Crippen LogP contribution in [0.2, 0.25) is 5.02 Å². The number of hydrogen-bond donors (Lipinski definition) is 1. The van der Waals surface area contributed by atoms with Crippen LogP contribution in [0.5, 0.6) is 0 Å². The average Bonchev–Trinajstić information content (AvgIpc) is 2.40. The molecular weight excluding hydrogens is 266 g/mol. The van der Waals surface area contributed by atoms with Gasteiger partial charge < -0.3 is 10.1 Å². The summed E-state index contributed by atoms with van der Waals surface area (Å²) in [5, 5.41) is 4.94. The van der Waals surface area contributed by atoms with Crippen molar-refractivity contribution in [1.82, 2.24) is 5.32 Å². The second-order valence-electron chi connectivity index (χ2n) is 4.47. The van der Waals surface area contributed by atoms with Crippen LogP contribution in [-0.4, -0.2) is 31.1 Å². The molecule has 0 bridgehead atoms. The average molecular weight is 286 g/mol. The van der Waals surface area contributed by atoms with E-state index in [1.54, 1.807) is 0 Å². The Labute approximate surface area is 118 Å². The van der Waals surface area contributed by atoms with E-state index in [9.17, 15) is 0 Å². The highest BCUT2D eigenvalue weighted by Crippen LogP contribution is 2.27. The Morgan fingerprint density at radius 1 is 1.44 bits per heavy atom. The molecule has 0 amide bonds. The molecule has 1 aliphatic rings. The molecule has 1 aromatic rings. The van der Waals surface area contributed by atoms with Gasteiger partial charge in [-0.25, -0.2) is 0 Å². The third-order valence-electron chi connectivity index (χ3n) is 3.18. The number of hydrogen-bond acceptors (Lipinski definition) is 3. The molecule has 1 fully saturated rings. The molecule has 1 N–H and O–H groups in total. The number of benzene rings is 1. The zero-order valence-corrected chi connectivity index (χ0v) is 12.3. The smallest absolute Gasteiger partial charge is 0.0600 e. The van der Waals surface area contributed by atoms with Crippen molar-refractivity contribution in [3.63, 3.8) is 0 Å². The lowest BCUT2D eigenvalue weighted by molar-refractivity contribution is 0.0837. The number of ether oxygens (including phenoxy) is 1. The molecule has 1 heterocycles. The fourth-order valence-corrected chi connectivity index (χ4v) is 3.77. The summed E-state index contributed by atoms with van der Waals surface area (Å²) in [4.78, 5) is 0. The molecule has 0 spiro atoms. The molecule has 1 aromatic carbocycles. The lowest BCUT2D eigenvalue weighted by Gasteiger charge is -2.31. The molecular formula is C14H20ClNOS. The monoisotopic (exact) mass is 285 g/mol. The summed E-state index contributed by atoms with van der Waals surface area (Å²) >= 11 is 8.12. The van der Waals surface area contributed by atoms with E-state index in [1.165, 1.54) is 5.56 Å². The Morgan fingerprint density at radius 3 is 3.06 bits per heavy atom. The topological polar surface area (TPSA) is 21.3 Å². The van der Waals surface area contributed by atoms with Crippen molar-refractivity contribution in [2.75, 3.05) is 19.8 Å². The van der Waals surface area contributed by atoms with Crippen LogP contribution in [0.25, 0.3) is 0 Å². The number of rotatable bonds is 5. The van der Waals surface area contributed by atoms with E-state index in [1.807, 2.05) is 30.0 Å². The van der Waals surface area contributed by atoms with Gasteiger partial charge in [0, 0.05) is 28.7 Å². The molecule has 0 radical (unpaired) electrons. The zero-order chi connectivity index (χ0) is 12.8. The first-order chi connectivity index (χ1) is 8.81. The van der Waals surface area contributed by atoms with Crippen LogP contribution in [0.1, 0.15) is 18.9 Å². The van der Waals surface area contributed by atoms with Crippen LogP contribution >= 0.6 is 23.4 Å². The minimum absolute atomic E-state index is 0.523. The quantitative estimate of drug-likeness (QED) is 0.897. The number of thioether (sulfide) groups is 1. The van der Waals surface area contributed by atoms with E-state index >= 15 is 0 Å². The lowest BCUT2D eigenvalue weighted by Crippen LogP contribution is -2.44. The highest BCUT2D eigenvalue weighted by molar-refractivity contribution is 7.99. The molecule has 0 aliphatic carbocycles. The van der Waals surface area contributed by atoms with Gasteiger partial charge in [-0.15, -0.1) is 11.8 Å². The standard InChI is InChI=1S/C14H20ClNOS/c1-2-16-13-7-8-17-9-14(13)18-10-11-5-3-4-6-12(11)15/h3-6,13-14,16H,2,7-10H2,1H3. The van der Waals surface area contributed by atoms with Crippen LogP contribution in [-0.2, 0) is 10.5 Å². The first-order valence-electron chi connectivity index (χ1n) is 6.47. The van der Waals surface area contributed by atoms with Gasteiger partial charge in [0.25, 0.3) is 0 Å². The summed E-state index contributed by atoms with van der Waals surface area (Å²) in [7, 11) is 0. The highest BCUT2D eigenvalue weighted by Gasteiger charge is 2.25. The fraction of sp³-hybridized carbons (Fsp3) is 0.571. The fourth-order valence-electron chi connectivity index (χ4n) is 2.18. The molecule has 4 heteroatoms. The maximum Gasteiger partial charge on any atom is 0.0600 e. The van der Waals surface area contributed by atoms with Gasteiger partial charge in [-0.1, -0.05) is 36.7 Å². The van der Waals surface area contributed by atoms with Gasteiger partial charge >= 0.3 is 0 Å². The zero-order valence-electron chi connectivity index (χ0n) is 10.7. The van der Waals surface area contributed by atoms with Gasteiger partial charge in [0.15, 0.2) is 0 Å². The molecule has 0 saturated carbocycles. The molecule has 1 saturated heterocycles. The van der Waals surface area contributed by atoms with Gasteiger partial charge in [0.2, 0.25) is 0 Å². The summed E-state index contributed by atoms with van der Waals surface area (Å²) in [6.07, 6.45) is 1.11. The lowest BCUT2D eigenvalue weighted by atomic mass is 10.1. The van der Waals surface area contributed by atoms with Crippen molar-refractivity contribution in [1.29, 1.82) is 0 Å². The number of halogens is 1. The predicted octanol–water partition coefficient (Wildman–Crippen LogP) is 3.34. The van der Waals surface area contributed by atoms with Crippen LogP contribution in [0.4, 0.5) is 0 Å². The summed E-state index contributed by atoms with van der Waals surface area (Å²) in [6.45, 7) is 4.90. The maximum absolute atomic E-state index is 6.18. The summed E-state index contributed by atoms with van der Waals surface area (Å²) in [5.74, 6) is 0.954. The molecule has 2 unspecified atom stereocenters. The van der Waals surface area contributed by atoms with E-state index in [0.717, 1.165) is 37.0 Å². The third-order valence-corrected chi connectivity index (χ3v) is 4.92. The minimum Gasteiger partial charge on any atom is -0.380 e. The van der Waals surface area contributed by atoms with E-state index in [2.05, 4.69) is 18.3 Å². The highest BCUT2D eigenvalue weighted by atomic mass is 35.5. The molecule has 1 aliphatic heterocycles.